The Morgan fingerprint density at radius 3 is 2.67 bits per heavy atom. The Balaban J connectivity index is 1.71. The van der Waals surface area contributed by atoms with Crippen LogP contribution in [0.4, 0.5) is 0 Å². The monoisotopic (exact) mass is 448 g/mol. The van der Waals surface area contributed by atoms with E-state index in [2.05, 4.69) is 11.9 Å². The number of fused-ring (bicyclic) bond motifs is 1. The highest BCUT2D eigenvalue weighted by Crippen LogP contribution is 2.33. The number of imidazole rings is 1. The van der Waals surface area contributed by atoms with Crippen molar-refractivity contribution >= 4 is 17.0 Å². The van der Waals surface area contributed by atoms with E-state index < -0.39 is 12.0 Å². The van der Waals surface area contributed by atoms with Crippen LogP contribution in [-0.4, -0.2) is 38.3 Å². The number of nitrogens with zero attached hydrogens (tertiary/aromatic N) is 3. The van der Waals surface area contributed by atoms with Gasteiger partial charge >= 0.3 is 0 Å². The highest BCUT2D eigenvalue weighted by molar-refractivity contribution is 5.90. The van der Waals surface area contributed by atoms with Crippen LogP contribution in [0.25, 0.3) is 22.6 Å². The molecule has 0 radical (unpaired) electrons. The lowest BCUT2D eigenvalue weighted by Gasteiger charge is -2.20. The lowest BCUT2D eigenvalue weighted by molar-refractivity contribution is 0.0996. The molecule has 4 aromatic rings. The van der Waals surface area contributed by atoms with Gasteiger partial charge in [-0.25, -0.2) is 9.97 Å². The van der Waals surface area contributed by atoms with Crippen LogP contribution >= 0.6 is 0 Å². The van der Waals surface area contributed by atoms with Crippen LogP contribution in [0.15, 0.2) is 59.4 Å². The predicted molar refractivity (Wildman–Crippen MR) is 125 cm³/mol. The summed E-state index contributed by atoms with van der Waals surface area (Å²) in [5.41, 5.74) is 8.73. The van der Waals surface area contributed by atoms with Crippen molar-refractivity contribution < 1.29 is 19.1 Å². The molecule has 4 rings (SSSR count). The first-order chi connectivity index (χ1) is 16.0. The van der Waals surface area contributed by atoms with E-state index in [0.29, 0.717) is 30.9 Å². The summed E-state index contributed by atoms with van der Waals surface area (Å²) in [6, 6.07) is 13.2. The standard InChI is InChI=1S/C25H28N4O4/c1-3-13-32-18-10-8-17(9-11-18)25-28-23-19(5-4-6-22(23)33-25)21(12-7-16(2)30)29-14-20(24(26)31)27-15-29/h4-6,8-11,14-16,21,30H,3,7,12-13H2,1-2H3,(H2,26,31)/t16-,21?/m0/s1. The summed E-state index contributed by atoms with van der Waals surface area (Å²) in [6.45, 7) is 4.49. The number of benzene rings is 2. The third-order valence-corrected chi connectivity index (χ3v) is 5.46. The highest BCUT2D eigenvalue weighted by Gasteiger charge is 2.22. The number of aliphatic hydroxyl groups is 1. The van der Waals surface area contributed by atoms with Gasteiger partial charge in [0.2, 0.25) is 5.89 Å². The molecule has 2 heterocycles. The number of para-hydroxylation sites is 1. The zero-order valence-electron chi connectivity index (χ0n) is 18.8. The number of rotatable bonds is 10. The molecule has 2 aromatic carbocycles. The van der Waals surface area contributed by atoms with E-state index in [-0.39, 0.29) is 11.7 Å². The smallest absolute Gasteiger partial charge is 0.268 e. The quantitative estimate of drug-likeness (QED) is 0.373. The van der Waals surface area contributed by atoms with Crippen molar-refractivity contribution in [3.8, 4) is 17.2 Å². The van der Waals surface area contributed by atoms with Crippen molar-refractivity contribution in [1.29, 1.82) is 0 Å². The van der Waals surface area contributed by atoms with Gasteiger partial charge < -0.3 is 24.6 Å². The topological polar surface area (TPSA) is 116 Å². The zero-order valence-corrected chi connectivity index (χ0v) is 18.8. The second kappa shape index (κ2) is 9.87. The largest absolute Gasteiger partial charge is 0.494 e. The fraction of sp³-hybridized carbons (Fsp3) is 0.320. The molecule has 0 aliphatic heterocycles. The molecule has 1 amide bonds. The van der Waals surface area contributed by atoms with Gasteiger partial charge in [-0.05, 0) is 56.5 Å². The number of carbonyl (C=O) groups is 1. The van der Waals surface area contributed by atoms with Crippen molar-refractivity contribution in [2.75, 3.05) is 6.61 Å². The van der Waals surface area contributed by atoms with Crippen molar-refractivity contribution in [3.05, 3.63) is 66.2 Å². The van der Waals surface area contributed by atoms with Gasteiger partial charge in [-0.2, -0.15) is 0 Å². The molecule has 33 heavy (non-hydrogen) atoms. The average Bonchev–Trinajstić information content (AvgIpc) is 3.46. The maximum Gasteiger partial charge on any atom is 0.268 e. The van der Waals surface area contributed by atoms with Crippen molar-refractivity contribution in [2.24, 2.45) is 5.73 Å². The Morgan fingerprint density at radius 1 is 1.21 bits per heavy atom. The van der Waals surface area contributed by atoms with E-state index in [1.807, 2.05) is 47.0 Å². The van der Waals surface area contributed by atoms with E-state index >= 15 is 0 Å². The van der Waals surface area contributed by atoms with Crippen molar-refractivity contribution in [3.63, 3.8) is 0 Å². The minimum absolute atomic E-state index is 0.190. The summed E-state index contributed by atoms with van der Waals surface area (Å²) in [6.07, 6.45) is 4.88. The number of hydrogen-bond donors (Lipinski definition) is 2. The number of aliphatic hydroxyl groups excluding tert-OH is 1. The number of ether oxygens (including phenoxy) is 1. The van der Waals surface area contributed by atoms with E-state index in [1.165, 1.54) is 0 Å². The average molecular weight is 449 g/mol. The Bertz CT molecular complexity index is 1230. The molecule has 172 valence electrons. The first-order valence-electron chi connectivity index (χ1n) is 11.1. The number of carbonyl (C=O) groups excluding carboxylic acids is 1. The van der Waals surface area contributed by atoms with Crippen LogP contribution in [0.2, 0.25) is 0 Å². The molecular weight excluding hydrogens is 420 g/mol. The second-order valence-electron chi connectivity index (χ2n) is 8.10. The number of hydrogen-bond acceptors (Lipinski definition) is 6. The number of nitrogens with two attached hydrogens (primary N) is 1. The molecule has 0 fully saturated rings. The summed E-state index contributed by atoms with van der Waals surface area (Å²) < 4.78 is 13.6. The number of aromatic nitrogens is 3. The molecule has 2 aromatic heterocycles. The number of amides is 1. The van der Waals surface area contributed by atoms with E-state index in [4.69, 9.17) is 19.9 Å². The fourth-order valence-corrected chi connectivity index (χ4v) is 3.77. The van der Waals surface area contributed by atoms with Crippen molar-refractivity contribution in [1.82, 2.24) is 14.5 Å². The Kier molecular flexibility index (Phi) is 6.74. The highest BCUT2D eigenvalue weighted by atomic mass is 16.5. The molecule has 0 saturated heterocycles. The molecule has 0 aliphatic carbocycles. The first kappa shape index (κ1) is 22.5. The van der Waals surface area contributed by atoms with Crippen LogP contribution in [0.1, 0.15) is 55.2 Å². The fourth-order valence-electron chi connectivity index (χ4n) is 3.77. The van der Waals surface area contributed by atoms with E-state index in [9.17, 15) is 9.90 Å². The van der Waals surface area contributed by atoms with Crippen LogP contribution in [-0.2, 0) is 0 Å². The van der Waals surface area contributed by atoms with Crippen LogP contribution < -0.4 is 10.5 Å². The van der Waals surface area contributed by atoms with E-state index in [0.717, 1.165) is 28.8 Å². The Labute approximate surface area is 192 Å². The minimum atomic E-state index is -0.587. The Hall–Kier alpha value is -3.65. The lowest BCUT2D eigenvalue weighted by atomic mass is 9.99. The van der Waals surface area contributed by atoms with Gasteiger partial charge in [0.15, 0.2) is 5.58 Å². The molecule has 2 atom stereocenters. The zero-order chi connectivity index (χ0) is 23.4. The van der Waals surface area contributed by atoms with Crippen LogP contribution in [0.3, 0.4) is 0 Å². The summed E-state index contributed by atoms with van der Waals surface area (Å²) in [5.74, 6) is 0.731. The minimum Gasteiger partial charge on any atom is -0.494 e. The van der Waals surface area contributed by atoms with Gasteiger partial charge in [0, 0.05) is 17.3 Å². The predicted octanol–water partition coefficient (Wildman–Crippen LogP) is 4.33. The molecule has 1 unspecified atom stereocenters. The molecular formula is C25H28N4O4. The van der Waals surface area contributed by atoms with Gasteiger partial charge in [-0.1, -0.05) is 19.1 Å². The van der Waals surface area contributed by atoms with Crippen molar-refractivity contribution in [2.45, 2.75) is 45.3 Å². The normalized spacial score (nSPS) is 13.2. The summed E-state index contributed by atoms with van der Waals surface area (Å²) in [7, 11) is 0. The SMILES string of the molecule is CCCOc1ccc(-c2nc3c(C(CC[C@H](C)O)n4cnc(C(N)=O)c4)cccc3o2)cc1. The lowest BCUT2D eigenvalue weighted by Crippen LogP contribution is -2.14. The van der Waals surface area contributed by atoms with Crippen LogP contribution in [0.5, 0.6) is 5.75 Å². The first-order valence-corrected chi connectivity index (χ1v) is 11.1. The summed E-state index contributed by atoms with van der Waals surface area (Å²) in [5, 5.41) is 9.89. The third-order valence-electron chi connectivity index (χ3n) is 5.46. The van der Waals surface area contributed by atoms with Gasteiger partial charge in [0.25, 0.3) is 5.91 Å². The second-order valence-corrected chi connectivity index (χ2v) is 8.10. The number of oxazole rings is 1. The van der Waals surface area contributed by atoms with Gasteiger partial charge in [0.05, 0.1) is 25.1 Å². The summed E-state index contributed by atoms with van der Waals surface area (Å²) >= 11 is 0. The third kappa shape index (κ3) is 5.06. The summed E-state index contributed by atoms with van der Waals surface area (Å²) in [4.78, 5) is 20.5. The molecule has 3 N–H and O–H groups in total. The molecule has 0 aliphatic rings. The van der Waals surface area contributed by atoms with Gasteiger partial charge in [-0.15, -0.1) is 0 Å². The molecule has 0 spiro atoms. The molecule has 8 heteroatoms. The number of primary amides is 1. The molecule has 0 bridgehead atoms. The van der Waals surface area contributed by atoms with Crippen LogP contribution in [0, 0.1) is 0 Å². The van der Waals surface area contributed by atoms with E-state index in [1.54, 1.807) is 19.4 Å². The molecule has 0 saturated carbocycles. The maximum atomic E-state index is 11.6. The van der Waals surface area contributed by atoms with Gasteiger partial charge in [0.1, 0.15) is 17.0 Å². The molecule has 8 nitrogen and oxygen atoms in total. The maximum absolute atomic E-state index is 11.6. The Morgan fingerprint density at radius 2 is 2.00 bits per heavy atom. The van der Waals surface area contributed by atoms with Gasteiger partial charge in [-0.3, -0.25) is 4.79 Å².